The summed E-state index contributed by atoms with van der Waals surface area (Å²) in [5.41, 5.74) is 0. The van der Waals surface area contributed by atoms with Crippen molar-refractivity contribution in [3.63, 3.8) is 0 Å². The van der Waals surface area contributed by atoms with Gasteiger partial charge in [0.15, 0.2) is 0 Å². The van der Waals surface area contributed by atoms with Gasteiger partial charge in [0.05, 0.1) is 25.9 Å². The maximum atomic E-state index is 8.78. The van der Waals surface area contributed by atoms with E-state index in [0.29, 0.717) is 5.92 Å². The zero-order valence-electron chi connectivity index (χ0n) is 22.2. The van der Waals surface area contributed by atoms with Crippen LogP contribution in [0.2, 0.25) is 0 Å². The molecule has 4 heteroatoms. The van der Waals surface area contributed by atoms with Crippen molar-refractivity contribution < 1.29 is 19.3 Å². The van der Waals surface area contributed by atoms with Crippen LogP contribution in [-0.4, -0.2) is 50.9 Å². The average molecular weight is 471 g/mol. The summed E-state index contributed by atoms with van der Waals surface area (Å²) in [4.78, 5) is 0. The second-order valence-corrected chi connectivity index (χ2v) is 10.3. The average Bonchev–Trinajstić information content (AvgIpc) is 3.28. The molecule has 1 saturated heterocycles. The van der Waals surface area contributed by atoms with Crippen LogP contribution in [0, 0.1) is 5.92 Å². The standard InChI is InChI=1S/C29H58O4/c1-2-3-4-5-6-7-8-9-10-11-12-13-14-15-16-19-23-32-27-29-24-28(26-33-29)25-31-22-20-17-18-21-30/h28-30H,2-27H2,1H3. The highest BCUT2D eigenvalue weighted by Crippen LogP contribution is 2.20. The Morgan fingerprint density at radius 3 is 1.58 bits per heavy atom. The second-order valence-electron chi connectivity index (χ2n) is 10.3. The van der Waals surface area contributed by atoms with Crippen molar-refractivity contribution >= 4 is 0 Å². The highest BCUT2D eigenvalue weighted by atomic mass is 16.5. The number of rotatable bonds is 26. The Balaban J connectivity index is 1.72. The van der Waals surface area contributed by atoms with Crippen LogP contribution in [0.5, 0.6) is 0 Å². The molecule has 198 valence electrons. The van der Waals surface area contributed by atoms with Crippen LogP contribution >= 0.6 is 0 Å². The number of aliphatic hydroxyl groups excluding tert-OH is 1. The van der Waals surface area contributed by atoms with Gasteiger partial charge < -0.3 is 19.3 Å². The third-order valence-electron chi connectivity index (χ3n) is 6.91. The van der Waals surface area contributed by atoms with Gasteiger partial charge in [-0.05, 0) is 32.1 Å². The number of ether oxygens (including phenoxy) is 3. The van der Waals surface area contributed by atoms with Gasteiger partial charge in [-0.2, -0.15) is 0 Å². The van der Waals surface area contributed by atoms with Crippen LogP contribution in [0.25, 0.3) is 0 Å². The van der Waals surface area contributed by atoms with Gasteiger partial charge in [-0.25, -0.2) is 0 Å². The molecule has 2 unspecified atom stereocenters. The molecule has 0 spiro atoms. The summed E-state index contributed by atoms with van der Waals surface area (Å²) in [6.07, 6.45) is 26.8. The molecule has 2 atom stereocenters. The minimum Gasteiger partial charge on any atom is -0.396 e. The van der Waals surface area contributed by atoms with E-state index in [-0.39, 0.29) is 12.7 Å². The highest BCUT2D eigenvalue weighted by molar-refractivity contribution is 4.73. The van der Waals surface area contributed by atoms with Crippen molar-refractivity contribution in [1.29, 1.82) is 0 Å². The van der Waals surface area contributed by atoms with Crippen LogP contribution in [0.4, 0.5) is 0 Å². The maximum absolute atomic E-state index is 8.78. The smallest absolute Gasteiger partial charge is 0.0813 e. The van der Waals surface area contributed by atoms with Crippen LogP contribution in [-0.2, 0) is 14.2 Å². The van der Waals surface area contributed by atoms with E-state index in [0.717, 1.165) is 58.7 Å². The fourth-order valence-electron chi connectivity index (χ4n) is 4.72. The van der Waals surface area contributed by atoms with E-state index >= 15 is 0 Å². The lowest BCUT2D eigenvalue weighted by Gasteiger charge is -2.11. The Kier molecular flexibility index (Phi) is 23.3. The third-order valence-corrected chi connectivity index (χ3v) is 6.91. The molecule has 1 rings (SSSR count). The molecule has 1 heterocycles. The topological polar surface area (TPSA) is 47.9 Å². The molecule has 0 amide bonds. The molecule has 1 N–H and O–H groups in total. The summed E-state index contributed by atoms with van der Waals surface area (Å²) in [5.74, 6) is 0.520. The largest absolute Gasteiger partial charge is 0.396 e. The first-order valence-electron chi connectivity index (χ1n) is 14.7. The van der Waals surface area contributed by atoms with Crippen molar-refractivity contribution in [2.75, 3.05) is 39.6 Å². The van der Waals surface area contributed by atoms with Crippen molar-refractivity contribution in [3.8, 4) is 0 Å². The molecule has 0 aromatic carbocycles. The second kappa shape index (κ2) is 24.9. The number of hydrogen-bond acceptors (Lipinski definition) is 4. The molecule has 0 bridgehead atoms. The van der Waals surface area contributed by atoms with Crippen molar-refractivity contribution in [1.82, 2.24) is 0 Å². The van der Waals surface area contributed by atoms with Gasteiger partial charge in [0.2, 0.25) is 0 Å². The number of unbranched alkanes of at least 4 members (excludes halogenated alkanes) is 17. The molecular formula is C29H58O4. The summed E-state index contributed by atoms with van der Waals surface area (Å²) in [5, 5.41) is 8.78. The van der Waals surface area contributed by atoms with Gasteiger partial charge >= 0.3 is 0 Å². The SMILES string of the molecule is CCCCCCCCCCCCCCCCCCOCC1CC(COCCCCCO)CO1. The summed E-state index contributed by atoms with van der Waals surface area (Å²) >= 11 is 0. The zero-order valence-corrected chi connectivity index (χ0v) is 22.2. The number of aliphatic hydroxyl groups is 1. The highest BCUT2D eigenvalue weighted by Gasteiger charge is 2.25. The molecule has 1 aliphatic heterocycles. The fourth-order valence-corrected chi connectivity index (χ4v) is 4.72. The fraction of sp³-hybridized carbons (Fsp3) is 1.00. The van der Waals surface area contributed by atoms with Gasteiger partial charge in [-0.3, -0.25) is 0 Å². The first kappa shape index (κ1) is 30.9. The molecule has 0 saturated carbocycles. The van der Waals surface area contributed by atoms with Gasteiger partial charge in [-0.1, -0.05) is 103 Å². The molecular weight excluding hydrogens is 412 g/mol. The van der Waals surface area contributed by atoms with Gasteiger partial charge in [0, 0.05) is 25.7 Å². The Morgan fingerprint density at radius 2 is 1.06 bits per heavy atom. The zero-order chi connectivity index (χ0) is 23.7. The summed E-state index contributed by atoms with van der Waals surface area (Å²) in [6.45, 7) is 6.61. The van der Waals surface area contributed by atoms with Gasteiger partial charge in [0.25, 0.3) is 0 Å². The van der Waals surface area contributed by atoms with Crippen LogP contribution in [0.1, 0.15) is 135 Å². The van der Waals surface area contributed by atoms with E-state index in [2.05, 4.69) is 6.92 Å². The van der Waals surface area contributed by atoms with Crippen molar-refractivity contribution in [3.05, 3.63) is 0 Å². The Hall–Kier alpha value is -0.160. The minimum absolute atomic E-state index is 0.258. The minimum atomic E-state index is 0.258. The molecule has 33 heavy (non-hydrogen) atoms. The first-order valence-corrected chi connectivity index (χ1v) is 14.7. The monoisotopic (exact) mass is 470 g/mol. The summed E-state index contributed by atoms with van der Waals surface area (Å²) in [7, 11) is 0. The normalized spacial score (nSPS) is 18.4. The summed E-state index contributed by atoms with van der Waals surface area (Å²) in [6, 6.07) is 0. The van der Waals surface area contributed by atoms with Crippen molar-refractivity contribution in [2.45, 2.75) is 141 Å². The Labute approximate surface area is 206 Å². The lowest BCUT2D eigenvalue weighted by atomic mass is 10.0. The lowest BCUT2D eigenvalue weighted by Crippen LogP contribution is -2.15. The number of hydrogen-bond donors (Lipinski definition) is 1. The Morgan fingerprint density at radius 1 is 0.606 bits per heavy atom. The molecule has 1 fully saturated rings. The van der Waals surface area contributed by atoms with E-state index < -0.39 is 0 Å². The quantitative estimate of drug-likeness (QED) is 0.131. The van der Waals surface area contributed by atoms with Gasteiger partial charge in [-0.15, -0.1) is 0 Å². The molecule has 4 nitrogen and oxygen atoms in total. The predicted molar refractivity (Wildman–Crippen MR) is 140 cm³/mol. The molecule has 0 aromatic rings. The van der Waals surface area contributed by atoms with Gasteiger partial charge in [0.1, 0.15) is 0 Å². The van der Waals surface area contributed by atoms with E-state index in [1.807, 2.05) is 0 Å². The first-order chi connectivity index (χ1) is 16.4. The molecule has 0 aliphatic carbocycles. The maximum Gasteiger partial charge on any atom is 0.0813 e. The molecule has 0 radical (unpaired) electrons. The van der Waals surface area contributed by atoms with Crippen LogP contribution in [0.3, 0.4) is 0 Å². The van der Waals surface area contributed by atoms with E-state index in [1.165, 1.54) is 103 Å². The summed E-state index contributed by atoms with van der Waals surface area (Å²) < 4.78 is 17.5. The third kappa shape index (κ3) is 20.9. The van der Waals surface area contributed by atoms with Crippen LogP contribution in [0.15, 0.2) is 0 Å². The van der Waals surface area contributed by atoms with Crippen LogP contribution < -0.4 is 0 Å². The van der Waals surface area contributed by atoms with E-state index in [1.54, 1.807) is 0 Å². The van der Waals surface area contributed by atoms with E-state index in [9.17, 15) is 0 Å². The lowest BCUT2D eigenvalue weighted by molar-refractivity contribution is 0.0141. The Bertz CT molecular complexity index is 377. The predicted octanol–water partition coefficient (Wildman–Crippen LogP) is 7.85. The van der Waals surface area contributed by atoms with E-state index in [4.69, 9.17) is 19.3 Å². The molecule has 1 aliphatic rings. The molecule has 0 aromatic heterocycles. The van der Waals surface area contributed by atoms with Crippen molar-refractivity contribution in [2.24, 2.45) is 5.92 Å².